The van der Waals surface area contributed by atoms with Crippen molar-refractivity contribution < 1.29 is 4.74 Å². The van der Waals surface area contributed by atoms with Crippen LogP contribution in [-0.4, -0.2) is 30.2 Å². The summed E-state index contributed by atoms with van der Waals surface area (Å²) in [6, 6.07) is 8.07. The molecule has 0 unspecified atom stereocenters. The molecule has 0 amide bonds. The molecule has 3 nitrogen and oxygen atoms in total. The molecule has 1 heterocycles. The van der Waals surface area contributed by atoms with Crippen LogP contribution in [0.15, 0.2) is 24.3 Å². The van der Waals surface area contributed by atoms with Gasteiger partial charge in [0.05, 0.1) is 12.2 Å². The minimum absolute atomic E-state index is 0.314. The van der Waals surface area contributed by atoms with Crippen molar-refractivity contribution in [3.8, 4) is 0 Å². The molecule has 0 aliphatic carbocycles. The average Bonchev–Trinajstić information content (AvgIpc) is 2.20. The molecule has 1 aliphatic rings. The van der Waals surface area contributed by atoms with E-state index in [-0.39, 0.29) is 0 Å². The van der Waals surface area contributed by atoms with Gasteiger partial charge in [-0.15, -0.1) is 0 Å². The zero-order valence-electron chi connectivity index (χ0n) is 10.0. The normalized spacial score (nSPS) is 26.9. The van der Waals surface area contributed by atoms with Gasteiger partial charge >= 0.3 is 0 Å². The molecule has 1 fully saturated rings. The third-order valence-electron chi connectivity index (χ3n) is 2.94. The number of hydrogen-bond donors (Lipinski definition) is 1. The quantitative estimate of drug-likeness (QED) is 0.773. The van der Waals surface area contributed by atoms with Gasteiger partial charge in [-0.3, -0.25) is 4.90 Å². The van der Waals surface area contributed by atoms with Gasteiger partial charge in [-0.05, 0) is 25.5 Å². The van der Waals surface area contributed by atoms with Crippen molar-refractivity contribution in [2.24, 2.45) is 0 Å². The van der Waals surface area contributed by atoms with Crippen LogP contribution in [0.5, 0.6) is 0 Å². The van der Waals surface area contributed by atoms with Crippen molar-refractivity contribution >= 4 is 5.69 Å². The molecule has 3 heteroatoms. The van der Waals surface area contributed by atoms with Gasteiger partial charge in [-0.25, -0.2) is 0 Å². The predicted molar refractivity (Wildman–Crippen MR) is 66.1 cm³/mol. The van der Waals surface area contributed by atoms with Crippen LogP contribution in [0.3, 0.4) is 0 Å². The van der Waals surface area contributed by atoms with E-state index in [0.717, 1.165) is 25.3 Å². The van der Waals surface area contributed by atoms with Crippen molar-refractivity contribution in [3.05, 3.63) is 29.8 Å². The van der Waals surface area contributed by atoms with Crippen molar-refractivity contribution in [1.29, 1.82) is 0 Å². The molecule has 1 aliphatic heterocycles. The van der Waals surface area contributed by atoms with Crippen LogP contribution in [0, 0.1) is 0 Å². The molecule has 88 valence electrons. The monoisotopic (exact) mass is 220 g/mol. The molecule has 2 atom stereocenters. The standard InChI is InChI=1S/C13H20N2O/c1-10-7-15(8-11(2)16-10)9-12-5-3-4-6-13(12)14/h3-6,10-11H,7-9,14H2,1-2H3/t10-,11-/m0/s1. The molecule has 0 spiro atoms. The minimum Gasteiger partial charge on any atom is -0.398 e. The Kier molecular flexibility index (Phi) is 3.46. The summed E-state index contributed by atoms with van der Waals surface area (Å²) in [5.41, 5.74) is 8.04. The molecule has 1 aromatic carbocycles. The summed E-state index contributed by atoms with van der Waals surface area (Å²) in [5.74, 6) is 0. The Morgan fingerprint density at radius 1 is 1.25 bits per heavy atom. The lowest BCUT2D eigenvalue weighted by atomic mass is 10.1. The molecular weight excluding hydrogens is 200 g/mol. The van der Waals surface area contributed by atoms with Crippen LogP contribution in [-0.2, 0) is 11.3 Å². The van der Waals surface area contributed by atoms with Gasteiger partial charge in [0.2, 0.25) is 0 Å². The van der Waals surface area contributed by atoms with Crippen LogP contribution < -0.4 is 5.73 Å². The zero-order valence-corrected chi connectivity index (χ0v) is 10.0. The number of morpholine rings is 1. The van der Waals surface area contributed by atoms with Gasteiger partial charge in [0.15, 0.2) is 0 Å². The highest BCUT2D eigenvalue weighted by Crippen LogP contribution is 2.17. The lowest BCUT2D eigenvalue weighted by Gasteiger charge is -2.35. The lowest BCUT2D eigenvalue weighted by molar-refractivity contribution is -0.0704. The van der Waals surface area contributed by atoms with Gasteiger partial charge < -0.3 is 10.5 Å². The van der Waals surface area contributed by atoms with E-state index in [0.29, 0.717) is 12.2 Å². The van der Waals surface area contributed by atoms with Crippen LogP contribution in [0.1, 0.15) is 19.4 Å². The minimum atomic E-state index is 0.314. The fourth-order valence-corrected chi connectivity index (χ4v) is 2.33. The summed E-state index contributed by atoms with van der Waals surface area (Å²) in [6.45, 7) is 7.14. The van der Waals surface area contributed by atoms with Crippen molar-refractivity contribution in [1.82, 2.24) is 4.90 Å². The number of hydrogen-bond acceptors (Lipinski definition) is 3. The molecule has 0 bridgehead atoms. The third-order valence-corrected chi connectivity index (χ3v) is 2.94. The second kappa shape index (κ2) is 4.85. The summed E-state index contributed by atoms with van der Waals surface area (Å²) >= 11 is 0. The first-order valence-electron chi connectivity index (χ1n) is 5.86. The van der Waals surface area contributed by atoms with Crippen LogP contribution in [0.4, 0.5) is 5.69 Å². The van der Waals surface area contributed by atoms with Crippen LogP contribution in [0.25, 0.3) is 0 Å². The number of benzene rings is 1. The number of nitrogens with zero attached hydrogens (tertiary/aromatic N) is 1. The Bertz CT molecular complexity index is 344. The van der Waals surface area contributed by atoms with Crippen molar-refractivity contribution in [3.63, 3.8) is 0 Å². The summed E-state index contributed by atoms with van der Waals surface area (Å²) in [4.78, 5) is 2.41. The van der Waals surface area contributed by atoms with E-state index >= 15 is 0 Å². The number of ether oxygens (including phenoxy) is 1. The SMILES string of the molecule is C[C@H]1CN(Cc2ccccc2N)C[C@H](C)O1. The first kappa shape index (κ1) is 11.4. The molecule has 0 aromatic heterocycles. The van der Waals surface area contributed by atoms with E-state index in [1.807, 2.05) is 18.2 Å². The third kappa shape index (κ3) is 2.74. The van der Waals surface area contributed by atoms with Crippen molar-refractivity contribution in [2.45, 2.75) is 32.6 Å². The average molecular weight is 220 g/mol. The fraction of sp³-hybridized carbons (Fsp3) is 0.538. The predicted octanol–water partition coefficient (Wildman–Crippen LogP) is 1.88. The van der Waals surface area contributed by atoms with Gasteiger partial charge in [-0.1, -0.05) is 18.2 Å². The highest BCUT2D eigenvalue weighted by atomic mass is 16.5. The Balaban J connectivity index is 2.02. The molecular formula is C13H20N2O. The molecule has 1 aromatic rings. The maximum Gasteiger partial charge on any atom is 0.0678 e. The smallest absolute Gasteiger partial charge is 0.0678 e. The second-order valence-corrected chi connectivity index (χ2v) is 4.65. The Labute approximate surface area is 97.2 Å². The first-order valence-corrected chi connectivity index (χ1v) is 5.86. The fourth-order valence-electron chi connectivity index (χ4n) is 2.33. The van der Waals surface area contributed by atoms with Crippen LogP contribution in [0.2, 0.25) is 0 Å². The Hall–Kier alpha value is -1.06. The maximum atomic E-state index is 5.95. The van der Waals surface area contributed by atoms with Crippen molar-refractivity contribution in [2.75, 3.05) is 18.8 Å². The molecule has 16 heavy (non-hydrogen) atoms. The number of anilines is 1. The van der Waals surface area contributed by atoms with Gasteiger partial charge in [0.25, 0.3) is 0 Å². The van der Waals surface area contributed by atoms with E-state index in [1.165, 1.54) is 5.56 Å². The van der Waals surface area contributed by atoms with Crippen LogP contribution >= 0.6 is 0 Å². The van der Waals surface area contributed by atoms with E-state index < -0.39 is 0 Å². The summed E-state index contributed by atoms with van der Waals surface area (Å²) in [6.07, 6.45) is 0.627. The van der Waals surface area contributed by atoms with E-state index in [2.05, 4.69) is 24.8 Å². The van der Waals surface area contributed by atoms with E-state index in [1.54, 1.807) is 0 Å². The summed E-state index contributed by atoms with van der Waals surface area (Å²) in [5, 5.41) is 0. The highest BCUT2D eigenvalue weighted by Gasteiger charge is 2.22. The summed E-state index contributed by atoms with van der Waals surface area (Å²) in [7, 11) is 0. The number of rotatable bonds is 2. The van der Waals surface area contributed by atoms with Gasteiger partial charge in [-0.2, -0.15) is 0 Å². The Morgan fingerprint density at radius 2 is 1.88 bits per heavy atom. The Morgan fingerprint density at radius 3 is 2.50 bits per heavy atom. The molecule has 1 saturated heterocycles. The van der Waals surface area contributed by atoms with Gasteiger partial charge in [0.1, 0.15) is 0 Å². The van der Waals surface area contributed by atoms with Gasteiger partial charge in [0, 0.05) is 25.3 Å². The van der Waals surface area contributed by atoms with E-state index in [4.69, 9.17) is 10.5 Å². The number of nitrogen functional groups attached to an aromatic ring is 1. The lowest BCUT2D eigenvalue weighted by Crippen LogP contribution is -2.44. The first-order chi connectivity index (χ1) is 7.65. The number of para-hydroxylation sites is 1. The topological polar surface area (TPSA) is 38.5 Å². The molecule has 0 radical (unpaired) electrons. The maximum absolute atomic E-state index is 5.95. The molecule has 0 saturated carbocycles. The number of nitrogens with two attached hydrogens (primary N) is 1. The highest BCUT2D eigenvalue weighted by molar-refractivity contribution is 5.46. The summed E-state index contributed by atoms with van der Waals surface area (Å²) < 4.78 is 5.71. The van der Waals surface area contributed by atoms with E-state index in [9.17, 15) is 0 Å². The zero-order chi connectivity index (χ0) is 11.5. The molecule has 2 rings (SSSR count). The largest absolute Gasteiger partial charge is 0.398 e. The molecule has 2 N–H and O–H groups in total. The second-order valence-electron chi connectivity index (χ2n) is 4.65.